The molecule has 1 N–H and O–H groups in total. The number of aliphatic hydroxyl groups excluding tert-OH is 1. The van der Waals surface area contributed by atoms with Crippen molar-refractivity contribution >= 4 is 0 Å². The Balaban J connectivity index is 1.72. The molecule has 2 aromatic carbocycles. The predicted molar refractivity (Wildman–Crippen MR) is 81.7 cm³/mol. The van der Waals surface area contributed by atoms with Crippen LogP contribution in [0.1, 0.15) is 35.6 Å². The molecule has 0 saturated heterocycles. The Morgan fingerprint density at radius 2 is 1.74 bits per heavy atom. The van der Waals surface area contributed by atoms with Gasteiger partial charge in [-0.05, 0) is 36.1 Å². The lowest BCUT2D eigenvalue weighted by atomic mass is 10.1. The van der Waals surface area contributed by atoms with E-state index in [1.807, 2.05) is 30.3 Å². The van der Waals surface area contributed by atoms with Gasteiger partial charge in [-0.2, -0.15) is 13.2 Å². The summed E-state index contributed by atoms with van der Waals surface area (Å²) in [6.45, 7) is 0.519. The van der Waals surface area contributed by atoms with Crippen LogP contribution in [0.3, 0.4) is 0 Å². The molecule has 0 spiro atoms. The van der Waals surface area contributed by atoms with Crippen LogP contribution >= 0.6 is 0 Å². The first kappa shape index (κ1) is 17.5. The van der Waals surface area contributed by atoms with E-state index in [0.717, 1.165) is 17.7 Å². The van der Waals surface area contributed by atoms with Crippen molar-refractivity contribution in [2.24, 2.45) is 0 Å². The molecule has 0 saturated carbocycles. The van der Waals surface area contributed by atoms with Crippen LogP contribution in [0, 0.1) is 0 Å². The average molecular weight is 324 g/mol. The second-order valence-electron chi connectivity index (χ2n) is 5.32. The zero-order valence-electron chi connectivity index (χ0n) is 12.6. The molecule has 2 aromatic rings. The van der Waals surface area contributed by atoms with Gasteiger partial charge in [0.1, 0.15) is 0 Å². The van der Waals surface area contributed by atoms with Gasteiger partial charge in [0.25, 0.3) is 0 Å². The first-order valence-electron chi connectivity index (χ1n) is 7.44. The quantitative estimate of drug-likeness (QED) is 0.746. The Labute approximate surface area is 133 Å². The maximum absolute atomic E-state index is 12.6. The summed E-state index contributed by atoms with van der Waals surface area (Å²) in [5.41, 5.74) is 0.673. The summed E-state index contributed by atoms with van der Waals surface area (Å²) in [5.74, 6) is 0. The van der Waals surface area contributed by atoms with Crippen molar-refractivity contribution in [1.29, 1.82) is 0 Å². The van der Waals surface area contributed by atoms with Crippen molar-refractivity contribution in [3.05, 3.63) is 71.3 Å². The van der Waals surface area contributed by atoms with E-state index in [2.05, 4.69) is 0 Å². The van der Waals surface area contributed by atoms with Crippen LogP contribution in [-0.2, 0) is 17.5 Å². The maximum atomic E-state index is 12.6. The Morgan fingerprint density at radius 3 is 2.43 bits per heavy atom. The van der Waals surface area contributed by atoms with E-state index in [0.29, 0.717) is 25.0 Å². The minimum absolute atomic E-state index is 0.130. The van der Waals surface area contributed by atoms with E-state index in [4.69, 9.17) is 4.74 Å². The smallest absolute Gasteiger partial charge is 0.388 e. The Morgan fingerprint density at radius 1 is 1.00 bits per heavy atom. The molecule has 0 amide bonds. The van der Waals surface area contributed by atoms with Crippen LogP contribution < -0.4 is 0 Å². The van der Waals surface area contributed by atoms with E-state index in [1.165, 1.54) is 6.07 Å². The summed E-state index contributed by atoms with van der Waals surface area (Å²) in [6, 6.07) is 14.4. The maximum Gasteiger partial charge on any atom is 0.416 e. The molecule has 1 atom stereocenters. The van der Waals surface area contributed by atoms with Crippen LogP contribution in [0.4, 0.5) is 13.2 Å². The summed E-state index contributed by atoms with van der Waals surface area (Å²) < 4.78 is 43.2. The Hall–Kier alpha value is -1.85. The van der Waals surface area contributed by atoms with Crippen molar-refractivity contribution in [2.45, 2.75) is 31.7 Å². The highest BCUT2D eigenvalue weighted by molar-refractivity contribution is 5.25. The fourth-order valence-corrected chi connectivity index (χ4v) is 2.25. The number of hydrogen-bond acceptors (Lipinski definition) is 2. The monoisotopic (exact) mass is 324 g/mol. The minimum atomic E-state index is -4.34. The van der Waals surface area contributed by atoms with Gasteiger partial charge in [-0.1, -0.05) is 42.5 Å². The van der Waals surface area contributed by atoms with Crippen molar-refractivity contribution in [2.75, 3.05) is 6.61 Å². The summed E-state index contributed by atoms with van der Waals surface area (Å²) in [7, 11) is 0. The Bertz CT molecular complexity index is 597. The first-order valence-corrected chi connectivity index (χ1v) is 7.44. The van der Waals surface area contributed by atoms with Crippen molar-refractivity contribution in [3.8, 4) is 0 Å². The zero-order valence-corrected chi connectivity index (χ0v) is 12.6. The number of rotatable bonds is 7. The third-order valence-electron chi connectivity index (χ3n) is 3.47. The fraction of sp³-hybridized carbons (Fsp3) is 0.333. The van der Waals surface area contributed by atoms with Crippen LogP contribution in [0.2, 0.25) is 0 Å². The standard InChI is InChI=1S/C18H19F3O2/c19-18(20,21)16-9-4-6-14(12-16)13-23-11-5-10-17(22)15-7-2-1-3-8-15/h1-4,6-9,12,17,22H,5,10-11,13H2. The van der Waals surface area contributed by atoms with Gasteiger partial charge in [0.15, 0.2) is 0 Å². The molecular weight excluding hydrogens is 305 g/mol. The molecule has 124 valence electrons. The molecule has 2 rings (SSSR count). The second kappa shape index (κ2) is 8.13. The van der Waals surface area contributed by atoms with Crippen LogP contribution in [-0.4, -0.2) is 11.7 Å². The van der Waals surface area contributed by atoms with Gasteiger partial charge in [0.2, 0.25) is 0 Å². The van der Waals surface area contributed by atoms with E-state index >= 15 is 0 Å². The zero-order chi connectivity index (χ0) is 16.7. The van der Waals surface area contributed by atoms with Crippen LogP contribution in [0.5, 0.6) is 0 Å². The van der Waals surface area contributed by atoms with Gasteiger partial charge >= 0.3 is 6.18 Å². The molecule has 0 bridgehead atoms. The lowest BCUT2D eigenvalue weighted by molar-refractivity contribution is -0.137. The molecule has 23 heavy (non-hydrogen) atoms. The molecule has 0 aliphatic heterocycles. The molecule has 0 radical (unpaired) electrons. The van der Waals surface area contributed by atoms with Gasteiger partial charge < -0.3 is 9.84 Å². The van der Waals surface area contributed by atoms with E-state index in [9.17, 15) is 18.3 Å². The SMILES string of the molecule is OC(CCCOCc1cccc(C(F)(F)F)c1)c1ccccc1. The summed E-state index contributed by atoms with van der Waals surface area (Å²) >= 11 is 0. The summed E-state index contributed by atoms with van der Waals surface area (Å²) in [4.78, 5) is 0. The molecule has 2 nitrogen and oxygen atoms in total. The third kappa shape index (κ3) is 5.69. The normalized spacial score (nSPS) is 13.0. The van der Waals surface area contributed by atoms with Crippen molar-refractivity contribution in [1.82, 2.24) is 0 Å². The highest BCUT2D eigenvalue weighted by Crippen LogP contribution is 2.29. The minimum Gasteiger partial charge on any atom is -0.388 e. The Kier molecular flexibility index (Phi) is 6.19. The third-order valence-corrected chi connectivity index (χ3v) is 3.47. The van der Waals surface area contributed by atoms with Gasteiger partial charge in [-0.15, -0.1) is 0 Å². The van der Waals surface area contributed by atoms with Gasteiger partial charge in [-0.25, -0.2) is 0 Å². The summed E-state index contributed by atoms with van der Waals surface area (Å²) in [5, 5.41) is 9.98. The fourth-order valence-electron chi connectivity index (χ4n) is 2.25. The molecule has 5 heteroatoms. The number of ether oxygens (including phenoxy) is 1. The summed E-state index contributed by atoms with van der Waals surface area (Å²) in [6.07, 6.45) is -3.70. The topological polar surface area (TPSA) is 29.5 Å². The highest BCUT2D eigenvalue weighted by atomic mass is 19.4. The predicted octanol–water partition coefficient (Wildman–Crippen LogP) is 4.74. The average Bonchev–Trinajstić information content (AvgIpc) is 2.54. The number of halogens is 3. The van der Waals surface area contributed by atoms with E-state index < -0.39 is 17.8 Å². The van der Waals surface area contributed by atoms with Crippen LogP contribution in [0.15, 0.2) is 54.6 Å². The molecule has 1 unspecified atom stereocenters. The molecule has 0 aromatic heterocycles. The number of aliphatic hydroxyl groups is 1. The largest absolute Gasteiger partial charge is 0.416 e. The van der Waals surface area contributed by atoms with Crippen molar-refractivity contribution < 1.29 is 23.0 Å². The molecular formula is C18H19F3O2. The highest BCUT2D eigenvalue weighted by Gasteiger charge is 2.30. The molecule has 0 fully saturated rings. The molecule has 0 heterocycles. The lowest BCUT2D eigenvalue weighted by Gasteiger charge is -2.11. The number of benzene rings is 2. The van der Waals surface area contributed by atoms with Crippen molar-refractivity contribution in [3.63, 3.8) is 0 Å². The lowest BCUT2D eigenvalue weighted by Crippen LogP contribution is -2.06. The van der Waals surface area contributed by atoms with E-state index in [-0.39, 0.29) is 6.61 Å². The molecule has 0 aliphatic carbocycles. The van der Waals surface area contributed by atoms with Crippen LogP contribution in [0.25, 0.3) is 0 Å². The second-order valence-corrected chi connectivity index (χ2v) is 5.32. The van der Waals surface area contributed by atoms with Gasteiger partial charge in [0, 0.05) is 6.61 Å². The van der Waals surface area contributed by atoms with E-state index in [1.54, 1.807) is 6.07 Å². The first-order chi connectivity index (χ1) is 11.0. The van der Waals surface area contributed by atoms with Gasteiger partial charge in [-0.3, -0.25) is 0 Å². The molecule has 0 aliphatic rings. The number of hydrogen-bond donors (Lipinski definition) is 1. The van der Waals surface area contributed by atoms with Gasteiger partial charge in [0.05, 0.1) is 18.3 Å². The number of alkyl halides is 3.